The maximum Gasteiger partial charge on any atom is 0.160 e. The number of aliphatic hydroxyl groups is 1. The summed E-state index contributed by atoms with van der Waals surface area (Å²) in [5.41, 5.74) is -0.0526. The highest BCUT2D eigenvalue weighted by Gasteiger charge is 2.25. The Hall–Kier alpha value is -1.22. The van der Waals surface area contributed by atoms with E-state index in [0.717, 1.165) is 5.56 Å². The van der Waals surface area contributed by atoms with Gasteiger partial charge in [0.25, 0.3) is 0 Å². The minimum Gasteiger partial charge on any atom is -0.504 e. The lowest BCUT2D eigenvalue weighted by Crippen LogP contribution is -2.23. The van der Waals surface area contributed by atoms with Gasteiger partial charge in [-0.25, -0.2) is 0 Å². The largest absolute Gasteiger partial charge is 0.504 e. The summed E-state index contributed by atoms with van der Waals surface area (Å²) in [5.74, 6) is 0.489. The first-order chi connectivity index (χ1) is 7.07. The first-order valence-electron chi connectivity index (χ1n) is 5.17. The quantitative estimate of drug-likeness (QED) is 0.802. The molecule has 3 heteroatoms. The minimum atomic E-state index is -0.832. The van der Waals surface area contributed by atoms with Crippen LogP contribution in [-0.4, -0.2) is 17.3 Å². The van der Waals surface area contributed by atoms with E-state index in [4.69, 9.17) is 4.74 Å². The van der Waals surface area contributed by atoms with Crippen LogP contribution in [0, 0.1) is 0 Å². The van der Waals surface area contributed by atoms with Crippen LogP contribution >= 0.6 is 0 Å². The molecule has 0 amide bonds. The first-order valence-corrected chi connectivity index (χ1v) is 5.17. The van der Waals surface area contributed by atoms with Gasteiger partial charge in [0.1, 0.15) is 0 Å². The van der Waals surface area contributed by atoms with Gasteiger partial charge in [-0.3, -0.25) is 0 Å². The maximum absolute atomic E-state index is 10.3. The van der Waals surface area contributed by atoms with Crippen LogP contribution in [0.1, 0.15) is 32.3 Å². The molecule has 0 aliphatic heterocycles. The standard InChI is InChI=1S/C12H18O3/c1-4-12(14,5-2)9-6-7-10(13)11(8-9)15-3/h6-8,13-14H,4-5H2,1-3H3. The molecule has 0 atom stereocenters. The van der Waals surface area contributed by atoms with Gasteiger partial charge in [-0.15, -0.1) is 0 Å². The van der Waals surface area contributed by atoms with Gasteiger partial charge in [-0.1, -0.05) is 19.9 Å². The van der Waals surface area contributed by atoms with Crippen LogP contribution in [0.5, 0.6) is 11.5 Å². The number of benzene rings is 1. The second-order valence-electron chi connectivity index (χ2n) is 3.63. The molecule has 1 aromatic carbocycles. The van der Waals surface area contributed by atoms with Gasteiger partial charge < -0.3 is 14.9 Å². The van der Waals surface area contributed by atoms with Crippen LogP contribution in [-0.2, 0) is 5.60 Å². The van der Waals surface area contributed by atoms with Crippen LogP contribution in [0.15, 0.2) is 18.2 Å². The molecule has 0 aliphatic carbocycles. The summed E-state index contributed by atoms with van der Waals surface area (Å²) in [6.45, 7) is 3.87. The molecule has 0 saturated carbocycles. The summed E-state index contributed by atoms with van der Waals surface area (Å²) in [5, 5.41) is 19.7. The first kappa shape index (κ1) is 11.9. The number of phenolic OH excluding ortho intramolecular Hbond substituents is 1. The van der Waals surface area contributed by atoms with Gasteiger partial charge in [0.05, 0.1) is 12.7 Å². The topological polar surface area (TPSA) is 49.7 Å². The van der Waals surface area contributed by atoms with Gasteiger partial charge in [0.15, 0.2) is 11.5 Å². The molecule has 0 aromatic heterocycles. The van der Waals surface area contributed by atoms with Gasteiger partial charge in [-0.05, 0) is 30.5 Å². The lowest BCUT2D eigenvalue weighted by atomic mass is 9.88. The number of hydrogen-bond acceptors (Lipinski definition) is 3. The van der Waals surface area contributed by atoms with E-state index in [9.17, 15) is 10.2 Å². The van der Waals surface area contributed by atoms with E-state index >= 15 is 0 Å². The molecule has 3 nitrogen and oxygen atoms in total. The summed E-state index contributed by atoms with van der Waals surface area (Å²) >= 11 is 0. The van der Waals surface area contributed by atoms with Crippen molar-refractivity contribution in [3.05, 3.63) is 23.8 Å². The number of aromatic hydroxyl groups is 1. The second-order valence-corrected chi connectivity index (χ2v) is 3.63. The molecular weight excluding hydrogens is 192 g/mol. The molecule has 0 saturated heterocycles. The number of rotatable bonds is 4. The zero-order valence-electron chi connectivity index (χ0n) is 9.45. The Labute approximate surface area is 90.3 Å². The van der Waals surface area contributed by atoms with Crippen LogP contribution in [0.2, 0.25) is 0 Å². The maximum atomic E-state index is 10.3. The summed E-state index contributed by atoms with van der Waals surface area (Å²) in [4.78, 5) is 0. The van der Waals surface area contributed by atoms with E-state index in [1.54, 1.807) is 18.2 Å². The fourth-order valence-electron chi connectivity index (χ4n) is 1.63. The fraction of sp³-hybridized carbons (Fsp3) is 0.500. The number of phenols is 1. The molecule has 0 bridgehead atoms. The predicted octanol–water partition coefficient (Wildman–Crippen LogP) is 2.41. The van der Waals surface area contributed by atoms with E-state index in [1.165, 1.54) is 7.11 Å². The van der Waals surface area contributed by atoms with Crippen molar-refractivity contribution in [2.45, 2.75) is 32.3 Å². The number of hydrogen-bond donors (Lipinski definition) is 2. The lowest BCUT2D eigenvalue weighted by Gasteiger charge is -2.26. The Balaban J connectivity index is 3.15. The number of ether oxygens (including phenoxy) is 1. The Kier molecular flexibility index (Phi) is 3.58. The average Bonchev–Trinajstić information content (AvgIpc) is 2.28. The molecule has 0 unspecified atom stereocenters. The fourth-order valence-corrected chi connectivity index (χ4v) is 1.63. The molecule has 0 radical (unpaired) electrons. The summed E-state index contributed by atoms with van der Waals surface area (Å²) in [7, 11) is 1.50. The highest BCUT2D eigenvalue weighted by Crippen LogP contribution is 2.34. The predicted molar refractivity (Wildman–Crippen MR) is 59.1 cm³/mol. The molecule has 0 spiro atoms. The van der Waals surface area contributed by atoms with E-state index < -0.39 is 5.60 Å². The molecule has 2 N–H and O–H groups in total. The van der Waals surface area contributed by atoms with Crippen molar-refractivity contribution in [3.8, 4) is 11.5 Å². The summed E-state index contributed by atoms with van der Waals surface area (Å²) in [6.07, 6.45) is 1.27. The van der Waals surface area contributed by atoms with Crippen molar-refractivity contribution < 1.29 is 14.9 Å². The zero-order valence-corrected chi connectivity index (χ0v) is 9.45. The van der Waals surface area contributed by atoms with E-state index in [1.807, 2.05) is 13.8 Å². The van der Waals surface area contributed by atoms with Crippen LogP contribution in [0.3, 0.4) is 0 Å². The van der Waals surface area contributed by atoms with Crippen molar-refractivity contribution in [3.63, 3.8) is 0 Å². The molecule has 15 heavy (non-hydrogen) atoms. The SMILES string of the molecule is CCC(O)(CC)c1ccc(O)c(OC)c1. The van der Waals surface area contributed by atoms with Crippen LogP contribution < -0.4 is 4.74 Å². The third-order valence-electron chi connectivity index (χ3n) is 2.89. The Morgan fingerprint density at radius 2 is 1.87 bits per heavy atom. The van der Waals surface area contributed by atoms with E-state index in [-0.39, 0.29) is 5.75 Å². The molecule has 0 fully saturated rings. The van der Waals surface area contributed by atoms with E-state index in [2.05, 4.69) is 0 Å². The summed E-state index contributed by atoms with van der Waals surface area (Å²) in [6, 6.07) is 4.96. The van der Waals surface area contributed by atoms with Crippen molar-refractivity contribution >= 4 is 0 Å². The molecular formula is C12H18O3. The smallest absolute Gasteiger partial charge is 0.160 e. The van der Waals surface area contributed by atoms with Crippen molar-refractivity contribution in [2.75, 3.05) is 7.11 Å². The third kappa shape index (κ3) is 2.23. The lowest BCUT2D eigenvalue weighted by molar-refractivity contribution is 0.0281. The average molecular weight is 210 g/mol. The zero-order chi connectivity index (χ0) is 11.5. The molecule has 84 valence electrons. The normalized spacial score (nSPS) is 11.5. The van der Waals surface area contributed by atoms with Gasteiger partial charge >= 0.3 is 0 Å². The van der Waals surface area contributed by atoms with Crippen LogP contribution in [0.25, 0.3) is 0 Å². The second kappa shape index (κ2) is 4.53. The van der Waals surface area contributed by atoms with Crippen LogP contribution in [0.4, 0.5) is 0 Å². The number of methoxy groups -OCH3 is 1. The highest BCUT2D eigenvalue weighted by atomic mass is 16.5. The van der Waals surface area contributed by atoms with Gasteiger partial charge in [0, 0.05) is 0 Å². The summed E-state index contributed by atoms with van der Waals surface area (Å²) < 4.78 is 5.01. The van der Waals surface area contributed by atoms with E-state index in [0.29, 0.717) is 18.6 Å². The van der Waals surface area contributed by atoms with Crippen molar-refractivity contribution in [2.24, 2.45) is 0 Å². The Bertz CT molecular complexity index is 330. The molecule has 1 rings (SSSR count). The minimum absolute atomic E-state index is 0.0933. The van der Waals surface area contributed by atoms with Crippen molar-refractivity contribution in [1.29, 1.82) is 0 Å². The molecule has 0 heterocycles. The van der Waals surface area contributed by atoms with Gasteiger partial charge in [0.2, 0.25) is 0 Å². The molecule has 1 aromatic rings. The highest BCUT2D eigenvalue weighted by molar-refractivity contribution is 5.43. The monoisotopic (exact) mass is 210 g/mol. The molecule has 0 aliphatic rings. The Morgan fingerprint density at radius 1 is 1.27 bits per heavy atom. The Morgan fingerprint density at radius 3 is 2.33 bits per heavy atom. The van der Waals surface area contributed by atoms with Crippen molar-refractivity contribution in [1.82, 2.24) is 0 Å². The third-order valence-corrected chi connectivity index (χ3v) is 2.89. The van der Waals surface area contributed by atoms with Gasteiger partial charge in [-0.2, -0.15) is 0 Å².